The second kappa shape index (κ2) is 6.81. The van der Waals surface area contributed by atoms with Gasteiger partial charge in [-0.3, -0.25) is 9.89 Å². The highest BCUT2D eigenvalue weighted by atomic mass is 79.9. The molecule has 0 saturated heterocycles. The van der Waals surface area contributed by atoms with E-state index in [-0.39, 0.29) is 5.91 Å². The lowest BCUT2D eigenvalue weighted by Crippen LogP contribution is -2.17. The Balaban J connectivity index is 1.93. The van der Waals surface area contributed by atoms with E-state index in [2.05, 4.69) is 36.7 Å². The summed E-state index contributed by atoms with van der Waals surface area (Å²) >= 11 is 3.36. The van der Waals surface area contributed by atoms with Gasteiger partial charge < -0.3 is 0 Å². The van der Waals surface area contributed by atoms with Crippen molar-refractivity contribution in [1.82, 2.24) is 15.6 Å². The molecule has 20 heavy (non-hydrogen) atoms. The van der Waals surface area contributed by atoms with E-state index in [4.69, 9.17) is 0 Å². The number of carbonyl (C=O) groups is 1. The first kappa shape index (κ1) is 14.2. The minimum atomic E-state index is -0.356. The first-order valence-corrected chi connectivity index (χ1v) is 6.72. The maximum Gasteiger partial charge on any atom is 0.291 e. The fraction of sp³-hybridized carbons (Fsp3) is 0.0714. The lowest BCUT2D eigenvalue weighted by molar-refractivity contribution is 0.0950. The number of aromatic nitrogens is 2. The number of H-pyrrole nitrogens is 1. The van der Waals surface area contributed by atoms with Gasteiger partial charge in [-0.15, -0.1) is 0 Å². The first-order valence-electron chi connectivity index (χ1n) is 5.93. The van der Waals surface area contributed by atoms with Crippen LogP contribution in [0.2, 0.25) is 0 Å². The number of aryl methyl sites for hydroxylation is 1. The van der Waals surface area contributed by atoms with Crippen molar-refractivity contribution in [3.63, 3.8) is 0 Å². The zero-order chi connectivity index (χ0) is 14.4. The summed E-state index contributed by atoms with van der Waals surface area (Å²) in [5.41, 5.74) is 4.58. The lowest BCUT2D eigenvalue weighted by Gasteiger charge is -1.95. The van der Waals surface area contributed by atoms with E-state index in [9.17, 15) is 4.79 Å². The van der Waals surface area contributed by atoms with Crippen LogP contribution < -0.4 is 5.43 Å². The lowest BCUT2D eigenvalue weighted by atomic mass is 10.2. The topological polar surface area (TPSA) is 70.1 Å². The summed E-state index contributed by atoms with van der Waals surface area (Å²) in [7, 11) is 0. The monoisotopic (exact) mass is 332 g/mol. The highest BCUT2D eigenvalue weighted by Crippen LogP contribution is 2.09. The molecule has 0 aliphatic rings. The molecule has 0 aliphatic carbocycles. The van der Waals surface area contributed by atoms with Gasteiger partial charge in [-0.05, 0) is 40.6 Å². The molecule has 0 radical (unpaired) electrons. The molecule has 5 nitrogen and oxygen atoms in total. The van der Waals surface area contributed by atoms with Gasteiger partial charge in [0.25, 0.3) is 5.91 Å². The van der Waals surface area contributed by atoms with Crippen LogP contribution in [0.5, 0.6) is 0 Å². The quantitative estimate of drug-likeness (QED) is 0.667. The third kappa shape index (κ3) is 4.17. The van der Waals surface area contributed by atoms with Crippen molar-refractivity contribution in [3.05, 3.63) is 57.8 Å². The Bertz CT molecular complexity index is 646. The summed E-state index contributed by atoms with van der Waals surface area (Å²) in [6, 6.07) is 11.4. The van der Waals surface area contributed by atoms with Crippen LogP contribution in [0.3, 0.4) is 0 Å². The summed E-state index contributed by atoms with van der Waals surface area (Å²) in [4.78, 5) is 11.7. The molecular weight excluding hydrogens is 320 g/mol. The molecule has 0 bridgehead atoms. The van der Waals surface area contributed by atoms with Gasteiger partial charge in [0.15, 0.2) is 5.69 Å². The number of nitrogens with one attached hydrogen (secondary N) is 2. The Morgan fingerprint density at radius 1 is 1.40 bits per heavy atom. The molecule has 2 aromatic rings. The number of benzene rings is 1. The summed E-state index contributed by atoms with van der Waals surface area (Å²) in [6.45, 7) is 1.83. The van der Waals surface area contributed by atoms with Gasteiger partial charge in [-0.1, -0.05) is 30.3 Å². The second-order valence-corrected chi connectivity index (χ2v) is 4.99. The molecule has 1 heterocycles. The number of nitrogens with zero attached hydrogens (tertiary/aromatic N) is 2. The Hall–Kier alpha value is -2.21. The molecule has 2 N–H and O–H groups in total. The van der Waals surface area contributed by atoms with E-state index in [0.29, 0.717) is 5.69 Å². The minimum absolute atomic E-state index is 0.308. The fourth-order valence-electron chi connectivity index (χ4n) is 1.49. The molecule has 0 saturated carbocycles. The Kier molecular flexibility index (Phi) is 4.84. The van der Waals surface area contributed by atoms with E-state index >= 15 is 0 Å². The van der Waals surface area contributed by atoms with Gasteiger partial charge in [0, 0.05) is 10.2 Å². The third-order valence-corrected chi connectivity index (χ3v) is 2.83. The van der Waals surface area contributed by atoms with E-state index < -0.39 is 0 Å². The van der Waals surface area contributed by atoms with Crippen molar-refractivity contribution < 1.29 is 4.79 Å². The van der Waals surface area contributed by atoms with Gasteiger partial charge in [0.2, 0.25) is 0 Å². The zero-order valence-electron chi connectivity index (χ0n) is 10.8. The predicted octanol–water partition coefficient (Wildman–Crippen LogP) is 2.87. The van der Waals surface area contributed by atoms with Gasteiger partial charge in [0.05, 0.1) is 6.21 Å². The maximum absolute atomic E-state index is 11.7. The number of hydrogen-bond acceptors (Lipinski definition) is 3. The number of carbonyl (C=O) groups excluding carboxylic acids is 1. The highest BCUT2D eigenvalue weighted by Gasteiger charge is 2.07. The summed E-state index contributed by atoms with van der Waals surface area (Å²) in [5.74, 6) is -0.356. The zero-order valence-corrected chi connectivity index (χ0v) is 12.4. The van der Waals surface area contributed by atoms with Crippen LogP contribution in [0, 0.1) is 6.92 Å². The van der Waals surface area contributed by atoms with Crippen molar-refractivity contribution >= 4 is 34.1 Å². The molecule has 1 amide bonds. The van der Waals surface area contributed by atoms with Gasteiger partial charge in [-0.25, -0.2) is 5.43 Å². The van der Waals surface area contributed by atoms with Crippen molar-refractivity contribution in [3.8, 4) is 0 Å². The predicted molar refractivity (Wildman–Crippen MR) is 82.6 cm³/mol. The van der Waals surface area contributed by atoms with Gasteiger partial charge >= 0.3 is 0 Å². The average molecular weight is 333 g/mol. The Morgan fingerprint density at radius 2 is 2.15 bits per heavy atom. The smallest absolute Gasteiger partial charge is 0.282 e. The fourth-order valence-corrected chi connectivity index (χ4v) is 1.86. The van der Waals surface area contributed by atoms with Crippen LogP contribution >= 0.6 is 15.9 Å². The number of hydrogen-bond donors (Lipinski definition) is 2. The highest BCUT2D eigenvalue weighted by molar-refractivity contribution is 9.12. The first-order chi connectivity index (χ1) is 9.65. The molecule has 102 valence electrons. The summed E-state index contributed by atoms with van der Waals surface area (Å²) < 4.78 is 0.752. The molecule has 0 atom stereocenters. The molecule has 2 rings (SSSR count). The SMILES string of the molecule is Cc1cc(C(=O)N/N=C/C(Br)=C/c2ccccc2)n[nH]1. The van der Waals surface area contributed by atoms with E-state index in [1.165, 1.54) is 6.21 Å². The number of allylic oxidation sites excluding steroid dienone is 1. The average Bonchev–Trinajstić information content (AvgIpc) is 2.86. The van der Waals surface area contributed by atoms with Crippen LogP contribution in [0.15, 0.2) is 46.0 Å². The van der Waals surface area contributed by atoms with E-state index in [1.54, 1.807) is 6.07 Å². The molecule has 0 aliphatic heterocycles. The third-order valence-electron chi connectivity index (χ3n) is 2.40. The van der Waals surface area contributed by atoms with Crippen LogP contribution in [0.1, 0.15) is 21.7 Å². The molecular formula is C14H13BrN4O. The van der Waals surface area contributed by atoms with Crippen LogP contribution in [0.25, 0.3) is 6.08 Å². The molecule has 1 aromatic heterocycles. The van der Waals surface area contributed by atoms with E-state index in [1.807, 2.05) is 43.3 Å². The summed E-state index contributed by atoms with van der Waals surface area (Å²) in [5, 5.41) is 10.4. The number of halogens is 1. The number of aromatic amines is 1. The van der Waals surface area contributed by atoms with E-state index in [0.717, 1.165) is 15.7 Å². The largest absolute Gasteiger partial charge is 0.291 e. The molecule has 0 unspecified atom stereocenters. The van der Waals surface area contributed by atoms with Gasteiger partial charge in [-0.2, -0.15) is 10.2 Å². The maximum atomic E-state index is 11.7. The van der Waals surface area contributed by atoms with Crippen molar-refractivity contribution in [1.29, 1.82) is 0 Å². The number of amides is 1. The van der Waals surface area contributed by atoms with Crippen LogP contribution in [0.4, 0.5) is 0 Å². The van der Waals surface area contributed by atoms with Crippen LogP contribution in [-0.4, -0.2) is 22.3 Å². The van der Waals surface area contributed by atoms with Gasteiger partial charge in [0.1, 0.15) is 0 Å². The van der Waals surface area contributed by atoms with Crippen molar-refractivity contribution in [2.45, 2.75) is 6.92 Å². The molecule has 0 fully saturated rings. The van der Waals surface area contributed by atoms with Crippen LogP contribution in [-0.2, 0) is 0 Å². The second-order valence-electron chi connectivity index (χ2n) is 4.08. The summed E-state index contributed by atoms with van der Waals surface area (Å²) in [6.07, 6.45) is 3.42. The molecule has 0 spiro atoms. The standard InChI is InChI=1S/C14H13BrN4O/c1-10-7-13(18-17-10)14(20)19-16-9-12(15)8-11-5-3-2-4-6-11/h2-9H,1H3,(H,17,18)(H,19,20)/b12-8-,16-9+. The minimum Gasteiger partial charge on any atom is -0.282 e. The Labute approximate surface area is 124 Å². The number of rotatable bonds is 4. The Morgan fingerprint density at radius 3 is 2.80 bits per heavy atom. The van der Waals surface area contributed by atoms with Crippen molar-refractivity contribution in [2.24, 2.45) is 5.10 Å². The number of hydrazone groups is 1. The molecule has 6 heteroatoms. The normalized spacial score (nSPS) is 11.8. The van der Waals surface area contributed by atoms with Crippen molar-refractivity contribution in [2.75, 3.05) is 0 Å². The molecule has 1 aromatic carbocycles.